The molecule has 0 bridgehead atoms. The zero-order valence-corrected chi connectivity index (χ0v) is 14.1. The molecule has 0 aromatic heterocycles. The van der Waals surface area contributed by atoms with Gasteiger partial charge in [-0.3, -0.25) is 19.3 Å². The van der Waals surface area contributed by atoms with E-state index >= 15 is 0 Å². The Kier molecular flexibility index (Phi) is 6.64. The van der Waals surface area contributed by atoms with Crippen LogP contribution in [-0.4, -0.2) is 35.2 Å². The first kappa shape index (κ1) is 18.3. The first-order valence-electron chi connectivity index (χ1n) is 8.67. The maximum atomic E-state index is 13.0. The van der Waals surface area contributed by atoms with Gasteiger partial charge in [-0.1, -0.05) is 57.6 Å². The fourth-order valence-corrected chi connectivity index (χ4v) is 3.13. The summed E-state index contributed by atoms with van der Waals surface area (Å²) in [4.78, 5) is 37.9. The van der Waals surface area contributed by atoms with Crippen LogP contribution >= 0.6 is 0 Å². The van der Waals surface area contributed by atoms with E-state index in [2.05, 4.69) is 6.92 Å². The fourth-order valence-electron chi connectivity index (χ4n) is 3.13. The molecule has 1 heterocycles. The van der Waals surface area contributed by atoms with Crippen LogP contribution in [0.25, 0.3) is 0 Å². The van der Waals surface area contributed by atoms with Crippen molar-refractivity contribution < 1.29 is 18.8 Å². The smallest absolute Gasteiger partial charge is 0.262 e. The van der Waals surface area contributed by atoms with Gasteiger partial charge in [0.05, 0.1) is 11.1 Å². The second-order valence-corrected chi connectivity index (χ2v) is 6.20. The molecule has 5 heteroatoms. The lowest BCUT2D eigenvalue weighted by Crippen LogP contribution is -2.45. The van der Waals surface area contributed by atoms with Crippen molar-refractivity contribution in [3.05, 3.63) is 35.4 Å². The van der Waals surface area contributed by atoms with Gasteiger partial charge in [0.1, 0.15) is 12.7 Å². The molecule has 130 valence electrons. The quantitative estimate of drug-likeness (QED) is 0.481. The number of hydrogen-bond acceptors (Lipinski definition) is 3. The van der Waals surface area contributed by atoms with Gasteiger partial charge in [0.15, 0.2) is 5.78 Å². The number of imide groups is 1. The third kappa shape index (κ3) is 3.89. The zero-order chi connectivity index (χ0) is 17.5. The van der Waals surface area contributed by atoms with Gasteiger partial charge >= 0.3 is 0 Å². The van der Waals surface area contributed by atoms with E-state index in [1.54, 1.807) is 24.3 Å². The summed E-state index contributed by atoms with van der Waals surface area (Å²) >= 11 is 0. The Bertz CT molecular complexity index is 579. The van der Waals surface area contributed by atoms with Crippen molar-refractivity contribution in [3.63, 3.8) is 0 Å². The predicted molar refractivity (Wildman–Crippen MR) is 89.7 cm³/mol. The summed E-state index contributed by atoms with van der Waals surface area (Å²) in [6.45, 7) is 0.978. The molecule has 0 saturated heterocycles. The number of fused-ring (bicyclic) bond motifs is 1. The van der Waals surface area contributed by atoms with E-state index in [0.717, 1.165) is 30.6 Å². The van der Waals surface area contributed by atoms with E-state index in [1.165, 1.54) is 6.42 Å². The number of unbranched alkanes of at least 4 members (excludes halogenated alkanes) is 5. The number of benzene rings is 1. The number of ketones is 1. The van der Waals surface area contributed by atoms with Gasteiger partial charge in [-0.2, -0.15) is 0 Å². The molecule has 0 saturated carbocycles. The maximum Gasteiger partial charge on any atom is 0.262 e. The molecule has 0 fully saturated rings. The molecule has 0 aliphatic carbocycles. The van der Waals surface area contributed by atoms with E-state index < -0.39 is 30.3 Å². The number of carbonyl (C=O) groups is 3. The van der Waals surface area contributed by atoms with Crippen molar-refractivity contribution in [1.29, 1.82) is 0 Å². The number of amides is 2. The summed E-state index contributed by atoms with van der Waals surface area (Å²) in [5, 5.41) is 0. The Hall–Kier alpha value is -2.04. The molecular weight excluding hydrogens is 309 g/mol. The largest absolute Gasteiger partial charge is 0.294 e. The molecule has 1 atom stereocenters. The highest BCUT2D eigenvalue weighted by molar-refractivity contribution is 6.22. The average Bonchev–Trinajstić information content (AvgIpc) is 2.86. The third-order valence-electron chi connectivity index (χ3n) is 4.47. The van der Waals surface area contributed by atoms with Gasteiger partial charge in [0, 0.05) is 0 Å². The lowest BCUT2D eigenvalue weighted by Gasteiger charge is -2.24. The number of nitrogens with zero attached hydrogens (tertiary/aromatic N) is 1. The molecule has 1 aromatic rings. The lowest BCUT2D eigenvalue weighted by atomic mass is 10.0. The highest BCUT2D eigenvalue weighted by atomic mass is 19.1. The molecule has 1 aliphatic rings. The average molecular weight is 333 g/mol. The van der Waals surface area contributed by atoms with Crippen LogP contribution < -0.4 is 0 Å². The zero-order valence-electron chi connectivity index (χ0n) is 14.1. The third-order valence-corrected chi connectivity index (χ3v) is 4.47. The first-order chi connectivity index (χ1) is 11.6. The molecule has 1 aliphatic heterocycles. The van der Waals surface area contributed by atoms with E-state index in [4.69, 9.17) is 0 Å². The van der Waals surface area contributed by atoms with Crippen LogP contribution in [-0.2, 0) is 4.79 Å². The van der Waals surface area contributed by atoms with Gasteiger partial charge in [-0.15, -0.1) is 0 Å². The van der Waals surface area contributed by atoms with Gasteiger partial charge in [0.2, 0.25) is 0 Å². The first-order valence-corrected chi connectivity index (χ1v) is 8.67. The summed E-state index contributed by atoms with van der Waals surface area (Å²) in [7, 11) is 0. The maximum absolute atomic E-state index is 13.0. The van der Waals surface area contributed by atoms with Gasteiger partial charge in [0.25, 0.3) is 11.8 Å². The summed E-state index contributed by atoms with van der Waals surface area (Å²) in [6.07, 6.45) is 6.45. The lowest BCUT2D eigenvalue weighted by molar-refractivity contribution is -0.124. The topological polar surface area (TPSA) is 54.5 Å². The summed E-state index contributed by atoms with van der Waals surface area (Å²) in [5.41, 5.74) is 0.587. The second kappa shape index (κ2) is 8.71. The van der Waals surface area contributed by atoms with Crippen molar-refractivity contribution in [2.75, 3.05) is 6.67 Å². The number of halogens is 1. The van der Waals surface area contributed by atoms with Gasteiger partial charge in [-0.05, 0) is 18.6 Å². The molecule has 2 amide bonds. The number of carbonyl (C=O) groups excluding carboxylic acids is 3. The Labute approximate surface area is 142 Å². The summed E-state index contributed by atoms with van der Waals surface area (Å²) in [5.74, 6) is -1.68. The standard InChI is InChI=1S/C19H24FNO3/c1-2-3-4-5-6-7-12-16(17(22)13-20)21-18(23)14-10-8-9-11-15(14)19(21)24/h8-11,16H,2-7,12-13H2,1H3. The number of alkyl halides is 1. The summed E-state index contributed by atoms with van der Waals surface area (Å²) < 4.78 is 13.0. The molecular formula is C19H24FNO3. The molecule has 0 radical (unpaired) electrons. The Morgan fingerprint density at radius 2 is 1.54 bits per heavy atom. The monoisotopic (exact) mass is 333 g/mol. The van der Waals surface area contributed by atoms with E-state index in [1.807, 2.05) is 0 Å². The molecule has 1 unspecified atom stereocenters. The van der Waals surface area contributed by atoms with E-state index in [-0.39, 0.29) is 0 Å². The molecule has 0 spiro atoms. The van der Waals surface area contributed by atoms with Crippen LogP contribution in [0.5, 0.6) is 0 Å². The minimum absolute atomic E-state index is 0.294. The minimum atomic E-state index is -1.16. The van der Waals surface area contributed by atoms with Gasteiger partial charge in [-0.25, -0.2) is 4.39 Å². The Morgan fingerprint density at radius 1 is 1.00 bits per heavy atom. The number of rotatable bonds is 10. The van der Waals surface area contributed by atoms with Crippen molar-refractivity contribution in [2.24, 2.45) is 0 Å². The van der Waals surface area contributed by atoms with Crippen LogP contribution in [0.1, 0.15) is 72.6 Å². The van der Waals surface area contributed by atoms with Crippen molar-refractivity contribution in [2.45, 2.75) is 57.9 Å². The highest BCUT2D eigenvalue weighted by Crippen LogP contribution is 2.27. The Morgan fingerprint density at radius 3 is 2.08 bits per heavy atom. The van der Waals surface area contributed by atoms with E-state index in [0.29, 0.717) is 24.0 Å². The van der Waals surface area contributed by atoms with Gasteiger partial charge < -0.3 is 0 Å². The number of hydrogen-bond donors (Lipinski definition) is 0. The predicted octanol–water partition coefficient (Wildman–Crippen LogP) is 3.94. The highest BCUT2D eigenvalue weighted by Gasteiger charge is 2.41. The second-order valence-electron chi connectivity index (χ2n) is 6.20. The Balaban J connectivity index is 2.05. The van der Waals surface area contributed by atoms with Crippen LogP contribution in [0.4, 0.5) is 4.39 Å². The van der Waals surface area contributed by atoms with Crippen LogP contribution in [0.2, 0.25) is 0 Å². The molecule has 24 heavy (non-hydrogen) atoms. The van der Waals surface area contributed by atoms with Crippen molar-refractivity contribution >= 4 is 17.6 Å². The minimum Gasteiger partial charge on any atom is -0.294 e. The van der Waals surface area contributed by atoms with Crippen LogP contribution in [0.15, 0.2) is 24.3 Å². The van der Waals surface area contributed by atoms with E-state index in [9.17, 15) is 18.8 Å². The molecule has 1 aromatic carbocycles. The van der Waals surface area contributed by atoms with Crippen molar-refractivity contribution in [1.82, 2.24) is 4.90 Å². The van der Waals surface area contributed by atoms with Crippen molar-refractivity contribution in [3.8, 4) is 0 Å². The SMILES string of the molecule is CCCCCCCCC(C(=O)CF)N1C(=O)c2ccccc2C1=O. The molecule has 2 rings (SSSR count). The number of Topliss-reactive ketones (excluding diaryl/α,β-unsaturated/α-hetero) is 1. The summed E-state index contributed by atoms with van der Waals surface area (Å²) in [6, 6.07) is 5.49. The van der Waals surface area contributed by atoms with Crippen LogP contribution in [0, 0.1) is 0 Å². The normalized spacial score (nSPS) is 14.8. The molecule has 0 N–H and O–H groups in total. The molecule has 4 nitrogen and oxygen atoms in total. The fraction of sp³-hybridized carbons (Fsp3) is 0.526. The van der Waals surface area contributed by atoms with Crippen LogP contribution in [0.3, 0.4) is 0 Å².